The van der Waals surface area contributed by atoms with Crippen molar-refractivity contribution in [3.63, 3.8) is 0 Å². The summed E-state index contributed by atoms with van der Waals surface area (Å²) in [6.45, 7) is 6.62. The van der Waals surface area contributed by atoms with Gasteiger partial charge in [-0.3, -0.25) is 4.90 Å². The summed E-state index contributed by atoms with van der Waals surface area (Å²) in [6.07, 6.45) is 0. The first-order valence-corrected chi connectivity index (χ1v) is 14.8. The molecule has 2 N–H and O–H groups in total. The number of methoxy groups -OCH3 is 1. The molecule has 5 rings (SSSR count). The van der Waals surface area contributed by atoms with E-state index in [0.29, 0.717) is 24.9 Å². The topological polar surface area (TPSA) is 98.0 Å². The molecule has 4 aromatic rings. The van der Waals surface area contributed by atoms with Gasteiger partial charge in [0, 0.05) is 50.0 Å². The molecule has 0 unspecified atom stereocenters. The Bertz CT molecular complexity index is 1550. The van der Waals surface area contributed by atoms with Crippen molar-refractivity contribution in [3.8, 4) is 22.9 Å². The third-order valence-corrected chi connectivity index (χ3v) is 8.24. The highest BCUT2D eigenvalue weighted by Gasteiger charge is 2.20. The molecule has 9 heteroatoms. The van der Waals surface area contributed by atoms with E-state index in [2.05, 4.69) is 52.0 Å². The Hall–Kier alpha value is -3.92. The van der Waals surface area contributed by atoms with Gasteiger partial charge in [-0.05, 0) is 59.5 Å². The highest BCUT2D eigenvalue weighted by Crippen LogP contribution is 2.28. The molecule has 3 aromatic carbocycles. The standard InChI is InChI=1S/C31H34N4O4S/c1-23-26(9-6-10-29(23)24-7-4-3-5-8-24)22-39-30-16-11-25(31(33-30)38-2)21-34-17-19-35(20-18-34)27-12-14-28(15-13-27)40(32,36)37/h3-16H,17-22H2,1-2H3,(H2,32,36,37). The second kappa shape index (κ2) is 12.1. The molecular weight excluding hydrogens is 524 g/mol. The lowest BCUT2D eigenvalue weighted by Crippen LogP contribution is -2.46. The van der Waals surface area contributed by atoms with Gasteiger partial charge in [0.05, 0.1) is 12.0 Å². The number of hydrogen-bond donors (Lipinski definition) is 1. The summed E-state index contributed by atoms with van der Waals surface area (Å²) in [4.78, 5) is 9.35. The van der Waals surface area contributed by atoms with Gasteiger partial charge in [0.2, 0.25) is 21.8 Å². The van der Waals surface area contributed by atoms with Crippen molar-refractivity contribution in [3.05, 3.63) is 102 Å². The van der Waals surface area contributed by atoms with Crippen LogP contribution in [0.5, 0.6) is 11.8 Å². The van der Waals surface area contributed by atoms with E-state index in [4.69, 9.17) is 14.6 Å². The van der Waals surface area contributed by atoms with Crippen LogP contribution < -0.4 is 19.5 Å². The summed E-state index contributed by atoms with van der Waals surface area (Å²) in [5.41, 5.74) is 6.68. The van der Waals surface area contributed by atoms with Crippen molar-refractivity contribution in [2.45, 2.75) is 25.0 Å². The molecule has 0 amide bonds. The normalized spacial score (nSPS) is 14.2. The second-order valence-electron chi connectivity index (χ2n) is 9.86. The number of piperazine rings is 1. The summed E-state index contributed by atoms with van der Waals surface area (Å²) >= 11 is 0. The van der Waals surface area contributed by atoms with Gasteiger partial charge in [0.1, 0.15) is 6.61 Å². The molecule has 0 aliphatic carbocycles. The zero-order valence-electron chi connectivity index (χ0n) is 22.8. The molecule has 208 valence electrons. The van der Waals surface area contributed by atoms with Crippen molar-refractivity contribution < 1.29 is 17.9 Å². The number of anilines is 1. The lowest BCUT2D eigenvalue weighted by molar-refractivity contribution is 0.243. The van der Waals surface area contributed by atoms with Gasteiger partial charge in [-0.15, -0.1) is 0 Å². The fraction of sp³-hybridized carbons (Fsp3) is 0.258. The number of nitrogens with two attached hydrogens (primary N) is 1. The van der Waals surface area contributed by atoms with E-state index >= 15 is 0 Å². The van der Waals surface area contributed by atoms with E-state index in [1.54, 1.807) is 31.4 Å². The minimum atomic E-state index is -3.69. The van der Waals surface area contributed by atoms with E-state index in [9.17, 15) is 8.42 Å². The number of primary sulfonamides is 1. The summed E-state index contributed by atoms with van der Waals surface area (Å²) in [6, 6.07) is 27.3. The summed E-state index contributed by atoms with van der Waals surface area (Å²) < 4.78 is 34.8. The number of pyridine rings is 1. The van der Waals surface area contributed by atoms with Gasteiger partial charge in [0.25, 0.3) is 0 Å². The number of ether oxygens (including phenoxy) is 2. The third kappa shape index (κ3) is 6.44. The van der Waals surface area contributed by atoms with Gasteiger partial charge in [-0.2, -0.15) is 4.98 Å². The molecule has 1 fully saturated rings. The Kier molecular flexibility index (Phi) is 8.35. The maximum atomic E-state index is 11.5. The zero-order valence-corrected chi connectivity index (χ0v) is 23.6. The second-order valence-corrected chi connectivity index (χ2v) is 11.4. The number of sulfonamides is 1. The van der Waals surface area contributed by atoms with Gasteiger partial charge in [0.15, 0.2) is 0 Å². The molecule has 1 aliphatic heterocycles. The number of benzene rings is 3. The minimum Gasteiger partial charge on any atom is -0.481 e. The molecule has 0 atom stereocenters. The predicted octanol–water partition coefficient (Wildman–Crippen LogP) is 4.61. The number of aromatic nitrogens is 1. The molecular formula is C31H34N4O4S. The first-order valence-electron chi connectivity index (χ1n) is 13.2. The number of rotatable bonds is 9. The van der Waals surface area contributed by atoms with Crippen LogP contribution in [-0.2, 0) is 23.2 Å². The lowest BCUT2D eigenvalue weighted by Gasteiger charge is -2.36. The van der Waals surface area contributed by atoms with Crippen LogP contribution >= 0.6 is 0 Å². The van der Waals surface area contributed by atoms with Crippen LogP contribution in [0.4, 0.5) is 5.69 Å². The van der Waals surface area contributed by atoms with Crippen LogP contribution in [0.15, 0.2) is 89.8 Å². The van der Waals surface area contributed by atoms with Gasteiger partial charge < -0.3 is 14.4 Å². The quantitative estimate of drug-likeness (QED) is 0.320. The SMILES string of the molecule is COc1nc(OCc2cccc(-c3ccccc3)c2C)ccc1CN1CCN(c2ccc(S(N)(=O)=O)cc2)CC1. The van der Waals surface area contributed by atoms with Crippen molar-refractivity contribution in [1.29, 1.82) is 0 Å². The van der Waals surface area contributed by atoms with Crippen molar-refractivity contribution in [2.24, 2.45) is 5.14 Å². The third-order valence-electron chi connectivity index (χ3n) is 7.31. The van der Waals surface area contributed by atoms with Crippen molar-refractivity contribution >= 4 is 15.7 Å². The fourth-order valence-corrected chi connectivity index (χ4v) is 5.52. The van der Waals surface area contributed by atoms with E-state index in [1.165, 1.54) is 16.7 Å². The Morgan fingerprint density at radius 2 is 1.57 bits per heavy atom. The summed E-state index contributed by atoms with van der Waals surface area (Å²) in [7, 11) is -2.06. The lowest BCUT2D eigenvalue weighted by atomic mass is 9.97. The molecule has 0 saturated carbocycles. The molecule has 40 heavy (non-hydrogen) atoms. The van der Waals surface area contributed by atoms with Gasteiger partial charge in [-0.25, -0.2) is 13.6 Å². The Balaban J connectivity index is 1.19. The van der Waals surface area contributed by atoms with Crippen LogP contribution in [0.1, 0.15) is 16.7 Å². The Labute approximate surface area is 236 Å². The summed E-state index contributed by atoms with van der Waals surface area (Å²) in [5.74, 6) is 1.09. The maximum absolute atomic E-state index is 11.5. The van der Waals surface area contributed by atoms with Crippen molar-refractivity contribution in [1.82, 2.24) is 9.88 Å². The molecule has 2 heterocycles. The highest BCUT2D eigenvalue weighted by atomic mass is 32.2. The van der Waals surface area contributed by atoms with Crippen molar-refractivity contribution in [2.75, 3.05) is 38.2 Å². The molecule has 1 aromatic heterocycles. The fourth-order valence-electron chi connectivity index (χ4n) is 5.00. The first kappa shape index (κ1) is 27.6. The van der Waals surface area contributed by atoms with Crippen LogP contribution in [0.3, 0.4) is 0 Å². The van der Waals surface area contributed by atoms with Crippen LogP contribution in [-0.4, -0.2) is 51.6 Å². The highest BCUT2D eigenvalue weighted by molar-refractivity contribution is 7.89. The molecule has 1 saturated heterocycles. The Morgan fingerprint density at radius 3 is 2.25 bits per heavy atom. The smallest absolute Gasteiger partial charge is 0.238 e. The molecule has 8 nitrogen and oxygen atoms in total. The average Bonchev–Trinajstić information content (AvgIpc) is 2.97. The monoisotopic (exact) mass is 558 g/mol. The van der Waals surface area contributed by atoms with Gasteiger partial charge >= 0.3 is 0 Å². The van der Waals surface area contributed by atoms with E-state index < -0.39 is 10.0 Å². The Morgan fingerprint density at radius 1 is 0.850 bits per heavy atom. The molecule has 0 bridgehead atoms. The summed E-state index contributed by atoms with van der Waals surface area (Å²) in [5, 5.41) is 5.21. The minimum absolute atomic E-state index is 0.123. The van der Waals surface area contributed by atoms with Crippen LogP contribution in [0.25, 0.3) is 11.1 Å². The zero-order chi connectivity index (χ0) is 28.1. The number of nitrogens with zero attached hydrogens (tertiary/aromatic N) is 3. The molecule has 1 aliphatic rings. The maximum Gasteiger partial charge on any atom is 0.238 e. The van der Waals surface area contributed by atoms with Gasteiger partial charge in [-0.1, -0.05) is 48.5 Å². The molecule has 0 spiro atoms. The molecule has 0 radical (unpaired) electrons. The average molecular weight is 559 g/mol. The number of hydrogen-bond acceptors (Lipinski definition) is 7. The van der Waals surface area contributed by atoms with E-state index in [1.807, 2.05) is 30.3 Å². The van der Waals surface area contributed by atoms with E-state index in [-0.39, 0.29) is 4.90 Å². The van der Waals surface area contributed by atoms with Crippen LogP contribution in [0.2, 0.25) is 0 Å². The predicted molar refractivity (Wildman–Crippen MR) is 157 cm³/mol. The van der Waals surface area contributed by atoms with E-state index in [0.717, 1.165) is 43.0 Å². The van der Waals surface area contributed by atoms with Crippen LogP contribution in [0, 0.1) is 6.92 Å². The first-order chi connectivity index (χ1) is 19.3. The largest absolute Gasteiger partial charge is 0.481 e.